The molecule has 0 saturated heterocycles. The molecule has 1 unspecified atom stereocenters. The zero-order valence-electron chi connectivity index (χ0n) is 15.0. The van der Waals surface area contributed by atoms with Crippen molar-refractivity contribution in [1.29, 1.82) is 0 Å². The molecule has 23 heavy (non-hydrogen) atoms. The molecule has 1 aromatic carbocycles. The van der Waals surface area contributed by atoms with E-state index in [0.717, 1.165) is 11.1 Å². The third kappa shape index (κ3) is 6.23. The van der Waals surface area contributed by atoms with Crippen LogP contribution in [0.1, 0.15) is 65.2 Å². The minimum Gasteiger partial charge on any atom is -0.507 e. The molecule has 0 spiro atoms. The van der Waals surface area contributed by atoms with Gasteiger partial charge < -0.3 is 14.5 Å². The number of phenols is 1. The zero-order chi connectivity index (χ0) is 17.3. The second-order valence-electron chi connectivity index (χ2n) is 7.75. The molecule has 0 aromatic heterocycles. The minimum absolute atomic E-state index is 0. The number of rotatable bonds is 4. The molecule has 0 bridgehead atoms. The van der Waals surface area contributed by atoms with Crippen molar-refractivity contribution >= 4 is 7.60 Å². The van der Waals surface area contributed by atoms with Gasteiger partial charge in [0.25, 0.3) is 0 Å². The maximum atomic E-state index is 12.1. The summed E-state index contributed by atoms with van der Waals surface area (Å²) in [5.41, 5.74) is 1.76. The van der Waals surface area contributed by atoms with Crippen molar-refractivity contribution in [3.05, 3.63) is 28.8 Å². The van der Waals surface area contributed by atoms with Crippen molar-refractivity contribution in [3.63, 3.8) is 0 Å². The van der Waals surface area contributed by atoms with Gasteiger partial charge in [-0.05, 0) is 34.4 Å². The van der Waals surface area contributed by atoms with Gasteiger partial charge in [-0.1, -0.05) is 53.7 Å². The topological polar surface area (TPSA) is 66.8 Å². The van der Waals surface area contributed by atoms with E-state index in [1.54, 1.807) is 6.92 Å². The van der Waals surface area contributed by atoms with Crippen LogP contribution in [0, 0.1) is 0 Å². The van der Waals surface area contributed by atoms with Crippen LogP contribution in [-0.4, -0.2) is 16.6 Å². The molecule has 0 aliphatic carbocycles. The Hall–Kier alpha value is -0.336. The van der Waals surface area contributed by atoms with Gasteiger partial charge in [-0.2, -0.15) is 0 Å². The van der Waals surface area contributed by atoms with E-state index >= 15 is 0 Å². The summed E-state index contributed by atoms with van der Waals surface area (Å²) in [6, 6.07) is 3.62. The molecule has 1 atom stereocenters. The number of phenolic OH excluding ortho intramolecular Hbond substituents is 1. The predicted octanol–water partition coefficient (Wildman–Crippen LogP) is 4.71. The first-order chi connectivity index (χ1) is 9.78. The number of hydrogen-bond donors (Lipinski definition) is 2. The fourth-order valence-corrected chi connectivity index (χ4v) is 3.55. The van der Waals surface area contributed by atoms with Crippen LogP contribution in [0.25, 0.3) is 0 Å². The Balaban J connectivity index is 0.00000484. The fraction of sp³-hybridized carbons (Fsp3) is 0.647. The molecule has 4 nitrogen and oxygen atoms in total. The largest absolute Gasteiger partial charge is 0.507 e. The second-order valence-corrected chi connectivity index (χ2v) is 9.60. The van der Waals surface area contributed by atoms with Crippen LogP contribution in [0.3, 0.4) is 0 Å². The fourth-order valence-electron chi connectivity index (χ4n) is 2.41. The molecule has 0 heterocycles. The average Bonchev–Trinajstić information content (AvgIpc) is 2.27. The molecule has 1 aromatic rings. The Morgan fingerprint density at radius 2 is 1.43 bits per heavy atom. The quantitative estimate of drug-likeness (QED) is 0.581. The number of benzene rings is 1. The van der Waals surface area contributed by atoms with E-state index < -0.39 is 7.60 Å². The van der Waals surface area contributed by atoms with Crippen LogP contribution in [0.4, 0.5) is 0 Å². The van der Waals surface area contributed by atoms with Gasteiger partial charge in [0, 0.05) is 16.5 Å². The minimum atomic E-state index is -3.66. The summed E-state index contributed by atoms with van der Waals surface area (Å²) in [7, 11) is -3.66. The number of aromatic hydroxyl groups is 1. The van der Waals surface area contributed by atoms with Crippen molar-refractivity contribution in [1.82, 2.24) is 0 Å². The van der Waals surface area contributed by atoms with Crippen LogP contribution in [0.15, 0.2) is 12.1 Å². The third-order valence-electron chi connectivity index (χ3n) is 3.50. The van der Waals surface area contributed by atoms with E-state index in [-0.39, 0.29) is 45.8 Å². The van der Waals surface area contributed by atoms with E-state index in [1.165, 1.54) is 0 Å². The summed E-state index contributed by atoms with van der Waals surface area (Å²) in [6.45, 7) is 14.0. The van der Waals surface area contributed by atoms with Crippen LogP contribution >= 0.6 is 7.60 Å². The summed E-state index contributed by atoms with van der Waals surface area (Å²) >= 11 is 0. The summed E-state index contributed by atoms with van der Waals surface area (Å²) in [5.74, 6) is 0.271. The first-order valence-electron chi connectivity index (χ1n) is 7.61. The van der Waals surface area contributed by atoms with Crippen molar-refractivity contribution in [3.8, 4) is 5.75 Å². The van der Waals surface area contributed by atoms with Crippen molar-refractivity contribution < 1.29 is 35.6 Å². The molecule has 2 N–H and O–H groups in total. The maximum absolute atomic E-state index is 12.1. The molecular formula is C17H29NiO4P. The van der Waals surface area contributed by atoms with Gasteiger partial charge in [0.1, 0.15) is 5.75 Å². The monoisotopic (exact) mass is 386 g/mol. The van der Waals surface area contributed by atoms with Crippen molar-refractivity contribution in [2.24, 2.45) is 0 Å². The Labute approximate surface area is 150 Å². The molecule has 1 rings (SSSR count). The molecule has 0 aliphatic heterocycles. The molecule has 0 radical (unpaired) electrons. The Morgan fingerprint density at radius 3 is 1.74 bits per heavy atom. The van der Waals surface area contributed by atoms with E-state index in [9.17, 15) is 14.6 Å². The predicted molar refractivity (Wildman–Crippen MR) is 90.7 cm³/mol. The molecule has 136 valence electrons. The van der Waals surface area contributed by atoms with Crippen LogP contribution in [-0.2, 0) is 42.6 Å². The molecule has 0 aliphatic rings. The molecular weight excluding hydrogens is 358 g/mol. The summed E-state index contributed by atoms with van der Waals surface area (Å²) in [4.78, 5) is 9.90. The molecule has 0 fully saturated rings. The summed E-state index contributed by atoms with van der Waals surface area (Å²) in [6.07, 6.45) is -0.0483. The van der Waals surface area contributed by atoms with Crippen LogP contribution in [0.5, 0.6) is 5.75 Å². The van der Waals surface area contributed by atoms with Crippen molar-refractivity contribution in [2.45, 2.75) is 65.5 Å². The average molecular weight is 387 g/mol. The summed E-state index contributed by atoms with van der Waals surface area (Å²) in [5, 5.41) is 10.6. The molecule has 6 heteroatoms. The van der Waals surface area contributed by atoms with Gasteiger partial charge in [0.05, 0.1) is 12.8 Å². The van der Waals surface area contributed by atoms with E-state index in [0.29, 0.717) is 5.56 Å². The first kappa shape index (κ1) is 22.7. The van der Waals surface area contributed by atoms with Crippen molar-refractivity contribution in [2.75, 3.05) is 6.61 Å². The van der Waals surface area contributed by atoms with Gasteiger partial charge >= 0.3 is 7.60 Å². The summed E-state index contributed by atoms with van der Waals surface area (Å²) < 4.78 is 17.0. The van der Waals surface area contributed by atoms with E-state index in [4.69, 9.17) is 4.52 Å². The van der Waals surface area contributed by atoms with Gasteiger partial charge in [0.15, 0.2) is 0 Å². The van der Waals surface area contributed by atoms with Gasteiger partial charge in [-0.3, -0.25) is 4.57 Å². The molecule has 0 amide bonds. The van der Waals surface area contributed by atoms with Gasteiger partial charge in [-0.25, -0.2) is 0 Å². The zero-order valence-corrected chi connectivity index (χ0v) is 16.9. The Morgan fingerprint density at radius 1 is 1.04 bits per heavy atom. The molecule has 0 saturated carbocycles. The third-order valence-corrected chi connectivity index (χ3v) is 4.93. The van der Waals surface area contributed by atoms with Gasteiger partial charge in [-0.15, -0.1) is 0 Å². The normalized spacial score (nSPS) is 15.0. The second kappa shape index (κ2) is 7.70. The SMILES string of the molecule is CCOP(=O)(O)Cc1cc(C(C)(C)C)c(O)c(C(C)(C)C)c1.[Ni]. The Kier molecular flexibility index (Phi) is 7.59. The van der Waals surface area contributed by atoms with Crippen LogP contribution in [0.2, 0.25) is 0 Å². The Bertz CT molecular complexity index is 550. The standard InChI is InChI=1S/C17H29O4P.Ni/c1-8-21-22(19,20)11-12-9-13(16(2,3)4)15(18)14(10-12)17(5,6)7;/h9-10,18H,8,11H2,1-7H3,(H,19,20);. The number of hydrogen-bond acceptors (Lipinski definition) is 3. The van der Waals surface area contributed by atoms with Crippen LogP contribution < -0.4 is 0 Å². The van der Waals surface area contributed by atoms with E-state index in [2.05, 4.69) is 0 Å². The maximum Gasteiger partial charge on any atom is 0.332 e. The first-order valence-corrected chi connectivity index (χ1v) is 9.37. The smallest absolute Gasteiger partial charge is 0.332 e. The van der Waals surface area contributed by atoms with Gasteiger partial charge in [0.2, 0.25) is 0 Å². The van der Waals surface area contributed by atoms with E-state index in [1.807, 2.05) is 53.7 Å².